The minimum Gasteiger partial charge on any atom is -0.508 e. The average Bonchev–Trinajstić information content (AvgIpc) is 3.76. The summed E-state index contributed by atoms with van der Waals surface area (Å²) in [6.45, 7) is 5.11. The maximum absolute atomic E-state index is 16.9. The van der Waals surface area contributed by atoms with Crippen LogP contribution in [0.3, 0.4) is 0 Å². The average molecular weight is 670 g/mol. The Morgan fingerprint density at radius 3 is 2.55 bits per heavy atom. The minimum atomic E-state index is -0.957. The van der Waals surface area contributed by atoms with Crippen molar-refractivity contribution in [2.75, 3.05) is 50.8 Å². The van der Waals surface area contributed by atoms with Crippen molar-refractivity contribution < 1.29 is 27.8 Å². The second kappa shape index (κ2) is 11.5. The highest BCUT2D eigenvalue weighted by molar-refractivity contribution is 6.04. The Morgan fingerprint density at radius 1 is 1.04 bits per heavy atom. The van der Waals surface area contributed by atoms with Crippen molar-refractivity contribution in [3.05, 3.63) is 53.3 Å². The smallest absolute Gasteiger partial charge is 0.319 e. The van der Waals surface area contributed by atoms with Gasteiger partial charge in [-0.3, -0.25) is 4.90 Å². The van der Waals surface area contributed by atoms with Gasteiger partial charge in [-0.1, -0.05) is 12.0 Å². The number of hydrogen-bond donors (Lipinski definition) is 2. The lowest BCUT2D eigenvalue weighted by Gasteiger charge is -2.49. The van der Waals surface area contributed by atoms with Crippen LogP contribution in [0.15, 0.2) is 30.3 Å². The number of nitrogens with zero attached hydrogens (tertiary/aromatic N) is 4. The molecule has 4 aromatic rings. The molecule has 5 aliphatic rings. The molecule has 49 heavy (non-hydrogen) atoms. The Labute approximate surface area is 282 Å². The molecule has 2 atom stereocenters. The Balaban J connectivity index is 1.12. The molecule has 5 fully saturated rings. The summed E-state index contributed by atoms with van der Waals surface area (Å²) < 4.78 is 60.6. The first-order chi connectivity index (χ1) is 23.7. The van der Waals surface area contributed by atoms with E-state index in [1.165, 1.54) is 36.8 Å². The number of benzene rings is 3. The quantitative estimate of drug-likeness (QED) is 0.235. The Kier molecular flexibility index (Phi) is 7.24. The van der Waals surface area contributed by atoms with Crippen LogP contribution in [-0.4, -0.2) is 83.6 Å². The summed E-state index contributed by atoms with van der Waals surface area (Å²) in [5, 5.41) is 14.9. The van der Waals surface area contributed by atoms with Crippen molar-refractivity contribution in [3.8, 4) is 35.2 Å². The number of halogens is 3. The molecule has 2 aliphatic carbocycles. The van der Waals surface area contributed by atoms with E-state index in [1.54, 1.807) is 0 Å². The predicted octanol–water partition coefficient (Wildman–Crippen LogP) is 5.91. The van der Waals surface area contributed by atoms with Crippen LogP contribution in [0.5, 0.6) is 11.8 Å². The lowest BCUT2D eigenvalue weighted by Crippen LogP contribution is -2.56. The van der Waals surface area contributed by atoms with Gasteiger partial charge in [-0.15, -0.1) is 6.42 Å². The van der Waals surface area contributed by atoms with E-state index in [-0.39, 0.29) is 62.3 Å². The molecule has 1 aromatic heterocycles. The van der Waals surface area contributed by atoms with Crippen molar-refractivity contribution in [1.82, 2.24) is 20.2 Å². The molecule has 254 valence electrons. The number of nitrogens with one attached hydrogen (secondary N) is 1. The van der Waals surface area contributed by atoms with E-state index in [9.17, 15) is 9.50 Å². The van der Waals surface area contributed by atoms with Crippen molar-refractivity contribution in [1.29, 1.82) is 0 Å². The summed E-state index contributed by atoms with van der Waals surface area (Å²) in [6, 6.07) is 6.96. The number of phenolic OH excluding ortho intramolecular Hbond substituents is 1. The summed E-state index contributed by atoms with van der Waals surface area (Å²) in [4.78, 5) is 13.9. The van der Waals surface area contributed by atoms with Crippen LogP contribution in [0, 0.1) is 35.2 Å². The molecule has 1 spiro atoms. The van der Waals surface area contributed by atoms with Gasteiger partial charge in [0, 0.05) is 66.6 Å². The zero-order valence-electron chi connectivity index (χ0n) is 27.2. The highest BCUT2D eigenvalue weighted by Crippen LogP contribution is 2.48. The second-order valence-electron chi connectivity index (χ2n) is 14.9. The lowest BCUT2D eigenvalue weighted by molar-refractivity contribution is -0.154. The topological polar surface area (TPSA) is 83.0 Å². The van der Waals surface area contributed by atoms with E-state index in [0.29, 0.717) is 30.9 Å². The van der Waals surface area contributed by atoms with Crippen molar-refractivity contribution in [3.63, 3.8) is 0 Å². The van der Waals surface area contributed by atoms with E-state index in [4.69, 9.17) is 20.9 Å². The van der Waals surface area contributed by atoms with Gasteiger partial charge in [0.2, 0.25) is 0 Å². The molecule has 2 N–H and O–H groups in total. The van der Waals surface area contributed by atoms with Gasteiger partial charge >= 0.3 is 6.01 Å². The SMILES string of the molecule is C#Cc1c(F)ccc2cc(O)cc(-c3c(F)cc4c(N5CC6CCC(C5)N6)nc(OCC5(CN6CCOC7(CCC7)C6)CC5)nc4c3F)c12. The Hall–Kier alpha value is -4.11. The minimum absolute atomic E-state index is 0.00634. The molecule has 8 nitrogen and oxygen atoms in total. The van der Waals surface area contributed by atoms with Gasteiger partial charge in [0.1, 0.15) is 28.7 Å². The van der Waals surface area contributed by atoms with E-state index in [0.717, 1.165) is 64.8 Å². The molecule has 11 heteroatoms. The van der Waals surface area contributed by atoms with Crippen LogP contribution in [0.4, 0.5) is 19.0 Å². The van der Waals surface area contributed by atoms with Crippen LogP contribution < -0.4 is 15.0 Å². The number of fused-ring (bicyclic) bond motifs is 4. The normalized spacial score (nSPS) is 23.9. The molecule has 2 unspecified atom stereocenters. The number of rotatable bonds is 7. The number of ether oxygens (including phenoxy) is 2. The summed E-state index contributed by atoms with van der Waals surface area (Å²) in [5.41, 5.74) is -0.809. The van der Waals surface area contributed by atoms with Crippen LogP contribution >= 0.6 is 0 Å². The Morgan fingerprint density at radius 2 is 1.84 bits per heavy atom. The number of aromatic hydroxyl groups is 1. The first kappa shape index (κ1) is 30.9. The van der Waals surface area contributed by atoms with Gasteiger partial charge in [-0.05, 0) is 74.6 Å². The van der Waals surface area contributed by atoms with Gasteiger partial charge in [-0.2, -0.15) is 9.97 Å². The molecule has 2 bridgehead atoms. The third kappa shape index (κ3) is 5.36. The molecule has 0 radical (unpaired) electrons. The first-order valence-electron chi connectivity index (χ1n) is 17.3. The summed E-state index contributed by atoms with van der Waals surface area (Å²) in [7, 11) is 0. The van der Waals surface area contributed by atoms with Gasteiger partial charge in [-0.25, -0.2) is 13.2 Å². The van der Waals surface area contributed by atoms with E-state index in [2.05, 4.69) is 26.0 Å². The molecule has 9 rings (SSSR count). The van der Waals surface area contributed by atoms with Crippen LogP contribution in [0.25, 0.3) is 32.8 Å². The molecular formula is C38H38F3N5O3. The highest BCUT2D eigenvalue weighted by Gasteiger charge is 2.49. The van der Waals surface area contributed by atoms with Crippen LogP contribution in [0.2, 0.25) is 0 Å². The fourth-order valence-corrected chi connectivity index (χ4v) is 8.59. The predicted molar refractivity (Wildman–Crippen MR) is 180 cm³/mol. The fourth-order valence-electron chi connectivity index (χ4n) is 8.59. The third-order valence-electron chi connectivity index (χ3n) is 11.4. The van der Waals surface area contributed by atoms with E-state index in [1.807, 2.05) is 0 Å². The standard InChI is InChI=1S/C38H38F3N5O3/c1-2-26-29(39)7-4-22-14-25(47)15-27(31(22)26)32-30(40)16-28-34(33(32)41)43-36(44-35(28)46-17-23-5-6-24(18-46)42-23)48-21-37(10-11-37)19-45-12-13-49-38(20-45)8-3-9-38/h1,4,7,14-16,23-24,42,47H,3,5-6,8-13,17-21H2. The van der Waals surface area contributed by atoms with E-state index >= 15 is 8.78 Å². The summed E-state index contributed by atoms with van der Waals surface area (Å²) in [6.07, 6.45) is 13.2. The number of terminal acetylenes is 1. The number of aromatic nitrogens is 2. The Bertz CT molecular complexity index is 2030. The molecule has 0 amide bonds. The zero-order valence-corrected chi connectivity index (χ0v) is 27.2. The van der Waals surface area contributed by atoms with Crippen LogP contribution in [0.1, 0.15) is 50.5 Å². The maximum Gasteiger partial charge on any atom is 0.319 e. The summed E-state index contributed by atoms with van der Waals surface area (Å²) in [5.74, 6) is -0.0477. The van der Waals surface area contributed by atoms with E-state index < -0.39 is 23.0 Å². The number of anilines is 1. The van der Waals surface area contributed by atoms with Gasteiger partial charge in [0.25, 0.3) is 0 Å². The lowest BCUT2D eigenvalue weighted by atomic mass is 9.78. The second-order valence-corrected chi connectivity index (χ2v) is 14.9. The highest BCUT2D eigenvalue weighted by atomic mass is 19.1. The van der Waals surface area contributed by atoms with Crippen molar-refractivity contribution in [2.45, 2.75) is 62.6 Å². The molecule has 4 heterocycles. The summed E-state index contributed by atoms with van der Waals surface area (Å²) >= 11 is 0. The maximum atomic E-state index is 16.9. The van der Waals surface area contributed by atoms with Gasteiger partial charge in [0.05, 0.1) is 29.9 Å². The molecule has 3 aliphatic heterocycles. The molecule has 3 saturated heterocycles. The zero-order chi connectivity index (χ0) is 33.5. The molecular weight excluding hydrogens is 631 g/mol. The number of hydrogen-bond acceptors (Lipinski definition) is 8. The van der Waals surface area contributed by atoms with Crippen molar-refractivity contribution in [2.24, 2.45) is 5.41 Å². The fraction of sp³-hybridized carbons (Fsp3) is 0.474. The first-order valence-corrected chi connectivity index (χ1v) is 17.3. The van der Waals surface area contributed by atoms with Gasteiger partial charge in [0.15, 0.2) is 5.82 Å². The third-order valence-corrected chi connectivity index (χ3v) is 11.4. The molecule has 3 aromatic carbocycles. The van der Waals surface area contributed by atoms with Crippen LogP contribution in [-0.2, 0) is 4.74 Å². The van der Waals surface area contributed by atoms with Gasteiger partial charge < -0.3 is 24.8 Å². The molecule has 2 saturated carbocycles. The monoisotopic (exact) mass is 669 g/mol. The largest absolute Gasteiger partial charge is 0.508 e. The number of piperazine rings is 1. The number of phenols is 1. The number of morpholine rings is 1. The van der Waals surface area contributed by atoms with Crippen molar-refractivity contribution >= 4 is 27.5 Å².